The molecule has 0 aliphatic carbocycles. The van der Waals surface area contributed by atoms with Gasteiger partial charge in [-0.15, -0.1) is 11.3 Å². The van der Waals surface area contributed by atoms with Crippen molar-refractivity contribution in [1.82, 2.24) is 4.98 Å². The minimum Gasteiger partial charge on any atom is -0.494 e. The molecule has 29 heavy (non-hydrogen) atoms. The first-order valence-corrected chi connectivity index (χ1v) is 10.6. The van der Waals surface area contributed by atoms with E-state index < -0.39 is 0 Å². The van der Waals surface area contributed by atoms with Gasteiger partial charge in [0.15, 0.2) is 11.7 Å². The van der Waals surface area contributed by atoms with Crippen molar-refractivity contribution in [3.05, 3.63) is 59.5 Å². The van der Waals surface area contributed by atoms with E-state index in [0.717, 1.165) is 23.4 Å². The van der Waals surface area contributed by atoms with Gasteiger partial charge in [-0.05, 0) is 54.3 Å². The smallest absolute Gasteiger partial charge is 0.264 e. The average molecular weight is 411 g/mol. The second-order valence-corrected chi connectivity index (χ2v) is 7.83. The van der Waals surface area contributed by atoms with Crippen LogP contribution in [0.25, 0.3) is 11.3 Å². The summed E-state index contributed by atoms with van der Waals surface area (Å²) in [6.07, 6.45) is 0.976. The lowest BCUT2D eigenvalue weighted by Gasteiger charge is -2.09. The van der Waals surface area contributed by atoms with Crippen LogP contribution < -0.4 is 14.8 Å². The molecule has 3 aromatic rings. The maximum absolute atomic E-state index is 12.2. The number of carbonyl (C=O) groups excluding carboxylic acids is 1. The Bertz CT molecular complexity index is 935. The first-order valence-electron chi connectivity index (χ1n) is 9.76. The summed E-state index contributed by atoms with van der Waals surface area (Å²) in [5.74, 6) is 1.71. The fourth-order valence-electron chi connectivity index (χ4n) is 2.67. The van der Waals surface area contributed by atoms with Crippen molar-refractivity contribution in [3.8, 4) is 22.8 Å². The minimum absolute atomic E-state index is 0.0556. The number of benzene rings is 2. The van der Waals surface area contributed by atoms with Crippen molar-refractivity contribution < 1.29 is 14.3 Å². The number of hydrogen-bond acceptors (Lipinski definition) is 5. The Labute approximate surface area is 175 Å². The van der Waals surface area contributed by atoms with Crippen LogP contribution in [0.4, 0.5) is 5.13 Å². The number of aromatic nitrogens is 1. The number of thiazole rings is 1. The second-order valence-electron chi connectivity index (χ2n) is 6.97. The minimum atomic E-state index is -0.232. The molecular weight excluding hydrogens is 384 g/mol. The highest BCUT2D eigenvalue weighted by molar-refractivity contribution is 7.14. The van der Waals surface area contributed by atoms with Crippen LogP contribution in [-0.4, -0.2) is 24.1 Å². The number of ether oxygens (including phenoxy) is 2. The van der Waals surface area contributed by atoms with E-state index in [1.54, 1.807) is 0 Å². The van der Waals surface area contributed by atoms with Crippen molar-refractivity contribution in [2.45, 2.75) is 33.1 Å². The van der Waals surface area contributed by atoms with Gasteiger partial charge in [-0.3, -0.25) is 10.1 Å². The SMILES string of the molecule is CCCOc1ccc(-c2csc(NC(=O)COc3cccc(C(C)C)c3)n2)cc1. The Morgan fingerprint density at radius 1 is 1.10 bits per heavy atom. The molecule has 0 saturated heterocycles. The fraction of sp³-hybridized carbons (Fsp3) is 0.304. The molecule has 152 valence electrons. The van der Waals surface area contributed by atoms with E-state index in [1.807, 2.05) is 47.8 Å². The highest BCUT2D eigenvalue weighted by atomic mass is 32.1. The first kappa shape index (κ1) is 20.9. The molecule has 0 atom stereocenters. The van der Waals surface area contributed by atoms with Crippen molar-refractivity contribution in [2.75, 3.05) is 18.5 Å². The summed E-state index contributed by atoms with van der Waals surface area (Å²) in [6, 6.07) is 15.6. The maximum atomic E-state index is 12.2. The molecule has 5 nitrogen and oxygen atoms in total. The molecule has 0 bridgehead atoms. The molecule has 0 saturated carbocycles. The van der Waals surface area contributed by atoms with Gasteiger partial charge in [0.25, 0.3) is 5.91 Å². The number of carbonyl (C=O) groups is 1. The Morgan fingerprint density at radius 3 is 2.62 bits per heavy atom. The molecule has 1 aromatic heterocycles. The molecule has 0 fully saturated rings. The average Bonchev–Trinajstić information content (AvgIpc) is 3.19. The summed E-state index contributed by atoms with van der Waals surface area (Å²) in [5, 5.41) is 5.27. The number of amides is 1. The maximum Gasteiger partial charge on any atom is 0.264 e. The molecule has 0 unspecified atom stereocenters. The van der Waals surface area contributed by atoms with Crippen LogP contribution in [-0.2, 0) is 4.79 Å². The normalized spacial score (nSPS) is 10.8. The van der Waals surface area contributed by atoms with Gasteiger partial charge in [-0.25, -0.2) is 4.98 Å². The van der Waals surface area contributed by atoms with Gasteiger partial charge >= 0.3 is 0 Å². The van der Waals surface area contributed by atoms with Crippen LogP contribution in [0.1, 0.15) is 38.7 Å². The van der Waals surface area contributed by atoms with Crippen molar-refractivity contribution in [3.63, 3.8) is 0 Å². The van der Waals surface area contributed by atoms with Gasteiger partial charge in [-0.1, -0.05) is 32.9 Å². The lowest BCUT2D eigenvalue weighted by molar-refractivity contribution is -0.118. The summed E-state index contributed by atoms with van der Waals surface area (Å²) in [5.41, 5.74) is 2.98. The summed E-state index contributed by atoms with van der Waals surface area (Å²) >= 11 is 1.39. The Hall–Kier alpha value is -2.86. The number of hydrogen-bond donors (Lipinski definition) is 1. The van der Waals surface area contributed by atoms with Gasteiger partial charge in [0.05, 0.1) is 12.3 Å². The molecule has 0 radical (unpaired) electrons. The highest BCUT2D eigenvalue weighted by Gasteiger charge is 2.10. The number of nitrogens with zero attached hydrogens (tertiary/aromatic N) is 1. The van der Waals surface area contributed by atoms with Crippen LogP contribution >= 0.6 is 11.3 Å². The van der Waals surface area contributed by atoms with Gasteiger partial charge in [0.1, 0.15) is 11.5 Å². The molecule has 1 heterocycles. The van der Waals surface area contributed by atoms with Gasteiger partial charge < -0.3 is 9.47 Å². The van der Waals surface area contributed by atoms with E-state index in [4.69, 9.17) is 9.47 Å². The third-order valence-electron chi connectivity index (χ3n) is 4.27. The zero-order chi connectivity index (χ0) is 20.6. The van der Waals surface area contributed by atoms with Gasteiger partial charge in [-0.2, -0.15) is 0 Å². The fourth-order valence-corrected chi connectivity index (χ4v) is 3.41. The molecule has 1 amide bonds. The highest BCUT2D eigenvalue weighted by Crippen LogP contribution is 2.26. The molecule has 0 aliphatic rings. The van der Waals surface area contributed by atoms with E-state index in [9.17, 15) is 4.79 Å². The van der Waals surface area contributed by atoms with E-state index in [-0.39, 0.29) is 12.5 Å². The van der Waals surface area contributed by atoms with Crippen LogP contribution in [0.3, 0.4) is 0 Å². The van der Waals surface area contributed by atoms with E-state index in [2.05, 4.69) is 37.1 Å². The predicted octanol–water partition coefficient (Wildman–Crippen LogP) is 5.74. The summed E-state index contributed by atoms with van der Waals surface area (Å²) in [7, 11) is 0. The summed E-state index contributed by atoms with van der Waals surface area (Å²) in [4.78, 5) is 16.7. The van der Waals surface area contributed by atoms with E-state index >= 15 is 0 Å². The van der Waals surface area contributed by atoms with Crippen LogP contribution in [0.15, 0.2) is 53.9 Å². The third kappa shape index (κ3) is 6.06. The molecule has 2 aromatic carbocycles. The largest absolute Gasteiger partial charge is 0.494 e. The third-order valence-corrected chi connectivity index (χ3v) is 5.03. The lowest BCUT2D eigenvalue weighted by Crippen LogP contribution is -2.20. The van der Waals surface area contributed by atoms with E-state index in [0.29, 0.717) is 23.4 Å². The molecule has 6 heteroatoms. The first-order chi connectivity index (χ1) is 14.0. The zero-order valence-electron chi connectivity index (χ0n) is 17.0. The molecule has 0 spiro atoms. The number of nitrogens with one attached hydrogen (secondary N) is 1. The second kappa shape index (κ2) is 10.1. The van der Waals surface area contributed by atoms with Crippen molar-refractivity contribution >= 4 is 22.4 Å². The van der Waals surface area contributed by atoms with Gasteiger partial charge in [0, 0.05) is 10.9 Å². The Morgan fingerprint density at radius 2 is 1.90 bits per heavy atom. The Kier molecular flexibility index (Phi) is 7.25. The molecule has 3 rings (SSSR count). The molecule has 0 aliphatic heterocycles. The van der Waals surface area contributed by atoms with Crippen molar-refractivity contribution in [1.29, 1.82) is 0 Å². The predicted molar refractivity (Wildman–Crippen MR) is 118 cm³/mol. The number of anilines is 1. The Balaban J connectivity index is 1.54. The monoisotopic (exact) mass is 410 g/mol. The molecular formula is C23H26N2O3S. The quantitative estimate of drug-likeness (QED) is 0.489. The van der Waals surface area contributed by atoms with E-state index in [1.165, 1.54) is 16.9 Å². The molecule has 1 N–H and O–H groups in total. The topological polar surface area (TPSA) is 60.5 Å². The van der Waals surface area contributed by atoms with Crippen LogP contribution in [0.2, 0.25) is 0 Å². The zero-order valence-corrected chi connectivity index (χ0v) is 17.8. The lowest BCUT2D eigenvalue weighted by atomic mass is 10.0. The van der Waals surface area contributed by atoms with Gasteiger partial charge in [0.2, 0.25) is 0 Å². The van der Waals surface area contributed by atoms with Crippen molar-refractivity contribution in [2.24, 2.45) is 0 Å². The summed E-state index contributed by atoms with van der Waals surface area (Å²) < 4.78 is 11.2. The standard InChI is InChI=1S/C23H26N2O3S/c1-4-12-27-19-10-8-17(9-11-19)21-15-29-23(24-21)25-22(26)14-28-20-7-5-6-18(13-20)16(2)3/h5-11,13,15-16H,4,12,14H2,1-3H3,(H,24,25,26). The number of rotatable bonds is 9. The van der Waals surface area contributed by atoms with Crippen LogP contribution in [0.5, 0.6) is 11.5 Å². The van der Waals surface area contributed by atoms with Crippen LogP contribution in [0, 0.1) is 0 Å². The summed E-state index contributed by atoms with van der Waals surface area (Å²) in [6.45, 7) is 6.97.